The Kier molecular flexibility index (Phi) is 3.40. The zero-order valence-corrected chi connectivity index (χ0v) is 7.82. The van der Waals surface area contributed by atoms with Crippen LogP contribution in [0, 0.1) is 0 Å². The number of hydrogen-bond donors (Lipinski definition) is 0. The highest BCUT2D eigenvalue weighted by Crippen LogP contribution is 2.31. The number of methoxy groups -OCH3 is 1. The van der Waals surface area contributed by atoms with Crippen molar-refractivity contribution in [2.75, 3.05) is 7.11 Å². The summed E-state index contributed by atoms with van der Waals surface area (Å²) in [5.74, 6) is 0. The van der Waals surface area contributed by atoms with Gasteiger partial charge in [0, 0.05) is 19.3 Å². The van der Waals surface area contributed by atoms with Crippen molar-refractivity contribution < 1.29 is 9.53 Å². The first-order valence-corrected chi connectivity index (χ1v) is 4.82. The summed E-state index contributed by atoms with van der Waals surface area (Å²) in [6.45, 7) is 1.62. The minimum Gasteiger partial charge on any atom is -0.380 e. The van der Waals surface area contributed by atoms with Gasteiger partial charge in [0.2, 0.25) is 0 Å². The Morgan fingerprint density at radius 1 is 1.55 bits per heavy atom. The first kappa shape index (κ1) is 9.07. The van der Waals surface area contributed by atoms with Crippen molar-refractivity contribution in [3.63, 3.8) is 0 Å². The van der Waals surface area contributed by atoms with Crippen molar-refractivity contribution >= 4 is 16.9 Å². The molecule has 1 saturated carbocycles. The molecule has 1 rings (SSSR count). The van der Waals surface area contributed by atoms with Crippen LogP contribution in [0.2, 0.25) is 0 Å². The molecule has 2 nitrogen and oxygen atoms in total. The summed E-state index contributed by atoms with van der Waals surface area (Å²) in [7, 11) is 1.73. The number of carbonyl (C=O) groups excluding carboxylic acids is 1. The molecule has 1 aliphatic carbocycles. The number of hydrogen-bond acceptors (Lipinski definition) is 3. The smallest absolute Gasteiger partial charge is 0.186 e. The van der Waals surface area contributed by atoms with Crippen LogP contribution in [0.3, 0.4) is 0 Å². The molecule has 2 atom stereocenters. The van der Waals surface area contributed by atoms with Crippen LogP contribution >= 0.6 is 11.8 Å². The Bertz CT molecular complexity index is 147. The third kappa shape index (κ3) is 2.49. The van der Waals surface area contributed by atoms with Crippen molar-refractivity contribution in [3.8, 4) is 0 Å². The molecule has 1 aliphatic rings. The molecule has 0 radical (unpaired) electrons. The molecular formula is C8H14O2S. The van der Waals surface area contributed by atoms with Crippen LogP contribution in [0.4, 0.5) is 0 Å². The molecule has 0 aliphatic heterocycles. The third-order valence-electron chi connectivity index (χ3n) is 2.01. The van der Waals surface area contributed by atoms with E-state index in [1.165, 1.54) is 18.2 Å². The monoisotopic (exact) mass is 174 g/mol. The zero-order chi connectivity index (χ0) is 8.27. The van der Waals surface area contributed by atoms with E-state index in [4.69, 9.17) is 4.74 Å². The summed E-state index contributed by atoms with van der Waals surface area (Å²) in [5.41, 5.74) is 0. The summed E-state index contributed by atoms with van der Waals surface area (Å²) in [4.78, 5) is 10.8. The van der Waals surface area contributed by atoms with Gasteiger partial charge in [-0.15, -0.1) is 0 Å². The molecule has 0 spiro atoms. The van der Waals surface area contributed by atoms with Crippen molar-refractivity contribution in [1.29, 1.82) is 0 Å². The maximum Gasteiger partial charge on any atom is 0.186 e. The lowest BCUT2D eigenvalue weighted by atomic mass is 10.3. The maximum absolute atomic E-state index is 10.8. The van der Waals surface area contributed by atoms with E-state index in [0.717, 1.165) is 12.8 Å². The molecule has 0 aromatic carbocycles. The second-order valence-corrected chi connectivity index (χ2v) is 4.27. The van der Waals surface area contributed by atoms with Gasteiger partial charge in [-0.2, -0.15) is 0 Å². The lowest BCUT2D eigenvalue weighted by molar-refractivity contribution is -0.109. The molecule has 0 unspecified atom stereocenters. The van der Waals surface area contributed by atoms with Crippen LogP contribution < -0.4 is 0 Å². The quantitative estimate of drug-likeness (QED) is 0.639. The average molecular weight is 174 g/mol. The van der Waals surface area contributed by atoms with Crippen molar-refractivity contribution in [3.05, 3.63) is 0 Å². The van der Waals surface area contributed by atoms with E-state index < -0.39 is 0 Å². The molecule has 0 saturated heterocycles. The lowest BCUT2D eigenvalue weighted by Crippen LogP contribution is -2.19. The van der Waals surface area contributed by atoms with Crippen molar-refractivity contribution in [2.45, 2.75) is 37.5 Å². The van der Waals surface area contributed by atoms with E-state index >= 15 is 0 Å². The summed E-state index contributed by atoms with van der Waals surface area (Å²) < 4.78 is 5.25. The topological polar surface area (TPSA) is 26.3 Å². The number of ether oxygens (including phenoxy) is 1. The van der Waals surface area contributed by atoms with Gasteiger partial charge >= 0.3 is 0 Å². The fourth-order valence-corrected chi connectivity index (χ4v) is 2.62. The van der Waals surface area contributed by atoms with Gasteiger partial charge in [-0.1, -0.05) is 11.8 Å². The molecule has 64 valence electrons. The van der Waals surface area contributed by atoms with Crippen LogP contribution in [0.1, 0.15) is 26.2 Å². The van der Waals surface area contributed by atoms with Crippen LogP contribution in [-0.4, -0.2) is 23.6 Å². The van der Waals surface area contributed by atoms with Gasteiger partial charge in [0.05, 0.1) is 6.10 Å². The SMILES string of the molecule is CO[C@H]1CCC[C@H]1SC(C)=O. The van der Waals surface area contributed by atoms with Crippen molar-refractivity contribution in [2.24, 2.45) is 0 Å². The minimum absolute atomic E-state index is 0.207. The third-order valence-corrected chi connectivity index (χ3v) is 3.19. The Labute approximate surface area is 71.7 Å². The summed E-state index contributed by atoms with van der Waals surface area (Å²) in [5, 5.41) is 0.622. The standard InChI is InChI=1S/C8H14O2S/c1-6(9)11-8-5-3-4-7(8)10-2/h7-8H,3-5H2,1-2H3/t7-,8+/m0/s1. The van der Waals surface area contributed by atoms with Gasteiger partial charge < -0.3 is 4.74 Å². The lowest BCUT2D eigenvalue weighted by Gasteiger charge is -2.15. The van der Waals surface area contributed by atoms with E-state index in [1.54, 1.807) is 14.0 Å². The number of rotatable bonds is 2. The maximum atomic E-state index is 10.8. The van der Waals surface area contributed by atoms with Gasteiger partial charge in [0.1, 0.15) is 0 Å². The van der Waals surface area contributed by atoms with Gasteiger partial charge in [-0.25, -0.2) is 0 Å². The fourth-order valence-electron chi connectivity index (χ4n) is 1.51. The Morgan fingerprint density at radius 2 is 2.27 bits per heavy atom. The highest BCUT2D eigenvalue weighted by Gasteiger charge is 2.28. The van der Waals surface area contributed by atoms with Crippen molar-refractivity contribution in [1.82, 2.24) is 0 Å². The molecule has 0 bridgehead atoms. The van der Waals surface area contributed by atoms with Gasteiger partial charge in [-0.05, 0) is 19.3 Å². The van der Waals surface area contributed by atoms with E-state index in [9.17, 15) is 4.79 Å². The van der Waals surface area contributed by atoms with Gasteiger partial charge in [-0.3, -0.25) is 4.79 Å². The zero-order valence-electron chi connectivity index (χ0n) is 7.00. The number of carbonyl (C=O) groups is 1. The molecule has 0 amide bonds. The molecule has 0 heterocycles. The molecule has 11 heavy (non-hydrogen) atoms. The van der Waals surface area contributed by atoms with E-state index in [0.29, 0.717) is 11.4 Å². The first-order chi connectivity index (χ1) is 5.24. The Morgan fingerprint density at radius 3 is 2.82 bits per heavy atom. The van der Waals surface area contributed by atoms with E-state index in [1.807, 2.05) is 0 Å². The summed E-state index contributed by atoms with van der Waals surface area (Å²) >= 11 is 1.43. The van der Waals surface area contributed by atoms with Crippen LogP contribution in [0.5, 0.6) is 0 Å². The highest BCUT2D eigenvalue weighted by atomic mass is 32.2. The second-order valence-electron chi connectivity index (χ2n) is 2.85. The fraction of sp³-hybridized carbons (Fsp3) is 0.875. The van der Waals surface area contributed by atoms with Crippen LogP contribution in [0.25, 0.3) is 0 Å². The molecule has 0 aromatic heterocycles. The predicted molar refractivity (Wildman–Crippen MR) is 46.7 cm³/mol. The van der Waals surface area contributed by atoms with Crippen LogP contribution in [0.15, 0.2) is 0 Å². The Hall–Kier alpha value is -0.0200. The van der Waals surface area contributed by atoms with Crippen LogP contribution in [-0.2, 0) is 9.53 Å². The minimum atomic E-state index is 0.207. The summed E-state index contributed by atoms with van der Waals surface area (Å²) in [6, 6.07) is 0. The van der Waals surface area contributed by atoms with Gasteiger partial charge in [0.15, 0.2) is 5.12 Å². The largest absolute Gasteiger partial charge is 0.380 e. The second kappa shape index (κ2) is 4.12. The van der Waals surface area contributed by atoms with Gasteiger partial charge in [0.25, 0.3) is 0 Å². The molecule has 0 aromatic rings. The molecular weight excluding hydrogens is 160 g/mol. The average Bonchev–Trinajstić information content (AvgIpc) is 2.34. The molecule has 1 fully saturated rings. The highest BCUT2D eigenvalue weighted by molar-refractivity contribution is 8.14. The molecule has 0 N–H and O–H groups in total. The Balaban J connectivity index is 2.37. The number of thioether (sulfide) groups is 1. The van der Waals surface area contributed by atoms with E-state index in [-0.39, 0.29) is 5.12 Å². The molecule has 3 heteroatoms. The predicted octanol–water partition coefficient (Wildman–Crippen LogP) is 1.83. The first-order valence-electron chi connectivity index (χ1n) is 3.94. The normalized spacial score (nSPS) is 30.7. The summed E-state index contributed by atoms with van der Waals surface area (Å²) in [6.07, 6.45) is 3.75. The van der Waals surface area contributed by atoms with E-state index in [2.05, 4.69) is 0 Å².